The molecule has 0 aromatic rings. The van der Waals surface area contributed by atoms with Crippen molar-refractivity contribution in [2.75, 3.05) is 13.1 Å². The Bertz CT molecular complexity index is 155. The minimum atomic E-state index is 0.175. The topological polar surface area (TPSA) is 55.1 Å². The number of carbonyl (C=O) groups is 1. The fourth-order valence-electron chi connectivity index (χ4n) is 1.86. The average Bonchev–Trinajstić information content (AvgIpc) is 2.10. The summed E-state index contributed by atoms with van der Waals surface area (Å²) in [6.07, 6.45) is 3.13. The van der Waals surface area contributed by atoms with Crippen LogP contribution in [0.1, 0.15) is 26.2 Å². The minimum Gasteiger partial charge on any atom is -0.356 e. The van der Waals surface area contributed by atoms with Gasteiger partial charge in [-0.1, -0.05) is 13.3 Å². The second-order valence-corrected chi connectivity index (χ2v) is 3.44. The van der Waals surface area contributed by atoms with Gasteiger partial charge in [0, 0.05) is 12.5 Å². The molecule has 1 saturated heterocycles. The molecule has 0 radical (unpaired) electrons. The Labute approximate surface area is 73.7 Å². The highest BCUT2D eigenvalue weighted by Gasteiger charge is 2.27. The molecule has 0 bridgehead atoms. The van der Waals surface area contributed by atoms with Gasteiger partial charge in [-0.15, -0.1) is 0 Å². The third-order valence-electron chi connectivity index (χ3n) is 2.72. The molecule has 3 heteroatoms. The van der Waals surface area contributed by atoms with Gasteiger partial charge in [0.05, 0.1) is 0 Å². The summed E-state index contributed by atoms with van der Waals surface area (Å²) in [5.41, 5.74) is 5.60. The number of nitrogens with one attached hydrogen (secondary N) is 1. The monoisotopic (exact) mass is 170 g/mol. The zero-order valence-electron chi connectivity index (χ0n) is 7.68. The van der Waals surface area contributed by atoms with Gasteiger partial charge in [0.2, 0.25) is 5.91 Å². The fourth-order valence-corrected chi connectivity index (χ4v) is 1.86. The van der Waals surface area contributed by atoms with E-state index < -0.39 is 0 Å². The Kier molecular flexibility index (Phi) is 3.53. The molecule has 0 spiro atoms. The number of nitrogens with two attached hydrogens (primary N) is 1. The SMILES string of the molecule is CCC(CN)C1CCCNC1=O. The van der Waals surface area contributed by atoms with E-state index in [1.807, 2.05) is 0 Å². The third-order valence-corrected chi connectivity index (χ3v) is 2.72. The van der Waals surface area contributed by atoms with Crippen LogP contribution in [0, 0.1) is 11.8 Å². The Balaban J connectivity index is 2.51. The second-order valence-electron chi connectivity index (χ2n) is 3.44. The Morgan fingerprint density at radius 3 is 3.00 bits per heavy atom. The van der Waals surface area contributed by atoms with Crippen molar-refractivity contribution < 1.29 is 4.79 Å². The van der Waals surface area contributed by atoms with Crippen molar-refractivity contribution in [1.29, 1.82) is 0 Å². The highest BCUT2D eigenvalue weighted by Crippen LogP contribution is 2.22. The van der Waals surface area contributed by atoms with Crippen LogP contribution in [0.3, 0.4) is 0 Å². The summed E-state index contributed by atoms with van der Waals surface area (Å²) in [7, 11) is 0. The number of hydrogen-bond acceptors (Lipinski definition) is 2. The quantitative estimate of drug-likeness (QED) is 0.648. The van der Waals surface area contributed by atoms with Crippen LogP contribution in [-0.2, 0) is 4.79 Å². The van der Waals surface area contributed by atoms with Crippen LogP contribution in [0.25, 0.3) is 0 Å². The standard InChI is InChI=1S/C9H18N2O/c1-2-7(6-10)8-4-3-5-11-9(8)12/h7-8H,2-6,10H2,1H3,(H,11,12). The van der Waals surface area contributed by atoms with E-state index in [2.05, 4.69) is 12.2 Å². The minimum absolute atomic E-state index is 0.175. The highest BCUT2D eigenvalue weighted by atomic mass is 16.1. The third kappa shape index (κ3) is 1.97. The summed E-state index contributed by atoms with van der Waals surface area (Å²) in [5, 5.41) is 2.89. The highest BCUT2D eigenvalue weighted by molar-refractivity contribution is 5.79. The van der Waals surface area contributed by atoms with Crippen molar-refractivity contribution in [2.24, 2.45) is 17.6 Å². The van der Waals surface area contributed by atoms with E-state index in [1.165, 1.54) is 0 Å². The second kappa shape index (κ2) is 4.45. The normalized spacial score (nSPS) is 26.5. The van der Waals surface area contributed by atoms with Crippen LogP contribution < -0.4 is 11.1 Å². The van der Waals surface area contributed by atoms with Crippen LogP contribution in [0.15, 0.2) is 0 Å². The molecule has 3 nitrogen and oxygen atoms in total. The number of carbonyl (C=O) groups excluding carboxylic acids is 1. The van der Waals surface area contributed by atoms with Crippen LogP contribution in [0.4, 0.5) is 0 Å². The van der Waals surface area contributed by atoms with Crippen molar-refractivity contribution in [3.63, 3.8) is 0 Å². The lowest BCUT2D eigenvalue weighted by molar-refractivity contribution is -0.128. The average molecular weight is 170 g/mol. The first-order valence-corrected chi connectivity index (χ1v) is 4.77. The maximum absolute atomic E-state index is 11.4. The van der Waals surface area contributed by atoms with Gasteiger partial charge in [-0.2, -0.15) is 0 Å². The molecule has 2 atom stereocenters. The molecule has 1 aliphatic rings. The summed E-state index contributed by atoms with van der Waals surface area (Å²) in [5.74, 6) is 0.762. The van der Waals surface area contributed by atoms with Gasteiger partial charge in [-0.3, -0.25) is 4.79 Å². The van der Waals surface area contributed by atoms with Crippen molar-refractivity contribution in [1.82, 2.24) is 5.32 Å². The predicted octanol–water partition coefficient (Wildman–Crippen LogP) is 0.497. The van der Waals surface area contributed by atoms with E-state index in [0.717, 1.165) is 25.8 Å². The summed E-state index contributed by atoms with van der Waals surface area (Å²) < 4.78 is 0. The maximum atomic E-state index is 11.4. The van der Waals surface area contributed by atoms with E-state index in [1.54, 1.807) is 0 Å². The lowest BCUT2D eigenvalue weighted by atomic mass is 9.84. The van der Waals surface area contributed by atoms with Gasteiger partial charge in [0.1, 0.15) is 0 Å². The van der Waals surface area contributed by atoms with E-state index in [9.17, 15) is 4.79 Å². The summed E-state index contributed by atoms with van der Waals surface area (Å²) in [4.78, 5) is 11.4. The summed E-state index contributed by atoms with van der Waals surface area (Å²) >= 11 is 0. The van der Waals surface area contributed by atoms with Gasteiger partial charge < -0.3 is 11.1 Å². The van der Waals surface area contributed by atoms with Crippen molar-refractivity contribution in [3.8, 4) is 0 Å². The van der Waals surface area contributed by atoms with Gasteiger partial charge in [0.15, 0.2) is 0 Å². The van der Waals surface area contributed by atoms with Crippen LogP contribution in [-0.4, -0.2) is 19.0 Å². The Hall–Kier alpha value is -0.570. The lowest BCUT2D eigenvalue weighted by Gasteiger charge is -2.27. The molecule has 12 heavy (non-hydrogen) atoms. The number of rotatable bonds is 3. The molecule has 70 valence electrons. The van der Waals surface area contributed by atoms with Crippen LogP contribution >= 0.6 is 0 Å². The van der Waals surface area contributed by atoms with Crippen molar-refractivity contribution in [2.45, 2.75) is 26.2 Å². The molecule has 0 aromatic heterocycles. The molecule has 0 aromatic carbocycles. The number of hydrogen-bond donors (Lipinski definition) is 2. The Morgan fingerprint density at radius 2 is 2.50 bits per heavy atom. The Morgan fingerprint density at radius 1 is 1.75 bits per heavy atom. The lowest BCUT2D eigenvalue weighted by Crippen LogP contribution is -2.41. The smallest absolute Gasteiger partial charge is 0.223 e. The first-order valence-electron chi connectivity index (χ1n) is 4.77. The van der Waals surface area contributed by atoms with Gasteiger partial charge in [0.25, 0.3) is 0 Å². The molecule has 0 aliphatic carbocycles. The molecule has 0 saturated carbocycles. The predicted molar refractivity (Wildman–Crippen MR) is 48.6 cm³/mol. The molecular formula is C9H18N2O. The van der Waals surface area contributed by atoms with E-state index >= 15 is 0 Å². The molecule has 1 heterocycles. The maximum Gasteiger partial charge on any atom is 0.223 e. The molecular weight excluding hydrogens is 152 g/mol. The van der Waals surface area contributed by atoms with Crippen LogP contribution in [0.5, 0.6) is 0 Å². The summed E-state index contributed by atoms with van der Waals surface area (Å²) in [6.45, 7) is 3.57. The molecule has 1 amide bonds. The summed E-state index contributed by atoms with van der Waals surface area (Å²) in [6, 6.07) is 0. The first-order chi connectivity index (χ1) is 5.79. The van der Waals surface area contributed by atoms with E-state index in [0.29, 0.717) is 12.5 Å². The van der Waals surface area contributed by atoms with Crippen molar-refractivity contribution >= 4 is 5.91 Å². The zero-order valence-corrected chi connectivity index (χ0v) is 7.68. The van der Waals surface area contributed by atoms with Crippen molar-refractivity contribution in [3.05, 3.63) is 0 Å². The van der Waals surface area contributed by atoms with Gasteiger partial charge >= 0.3 is 0 Å². The molecule has 2 unspecified atom stereocenters. The molecule has 1 fully saturated rings. The molecule has 1 aliphatic heterocycles. The van der Waals surface area contributed by atoms with Gasteiger partial charge in [-0.05, 0) is 25.3 Å². The largest absolute Gasteiger partial charge is 0.356 e. The van der Waals surface area contributed by atoms with E-state index in [-0.39, 0.29) is 11.8 Å². The van der Waals surface area contributed by atoms with Gasteiger partial charge in [-0.25, -0.2) is 0 Å². The molecule has 1 rings (SSSR count). The zero-order chi connectivity index (χ0) is 8.97. The molecule has 3 N–H and O–H groups in total. The number of piperidine rings is 1. The van der Waals surface area contributed by atoms with Crippen LogP contribution in [0.2, 0.25) is 0 Å². The van der Waals surface area contributed by atoms with E-state index in [4.69, 9.17) is 5.73 Å². The number of amides is 1. The first kappa shape index (κ1) is 9.52. The fraction of sp³-hybridized carbons (Fsp3) is 0.889.